The summed E-state index contributed by atoms with van der Waals surface area (Å²) in [5, 5.41) is 6.39. The standard InChI is InChI=1S/C58H45N3/c1-5-16-39(17-6-1)40-26-28-42(29-27-40)57-59-53(41-18-7-2-8-19-41)38-54(60-57)45-21-15-20-43(34-45)44-30-31-48-50-36-52-49(37-56(50)61(55(48)35-44)46-22-9-3-10-23-46)47-24-11-12-25-51(47)58(52)32-13-4-14-33-58/h1-3,5-12,15-31,34-38,57,59H,4,13-14,32-33H2. The van der Waals surface area contributed by atoms with Crippen molar-refractivity contribution in [3.8, 4) is 39.1 Å². The first-order valence-corrected chi connectivity index (χ1v) is 21.9. The van der Waals surface area contributed by atoms with Crippen molar-refractivity contribution in [3.05, 3.63) is 228 Å². The van der Waals surface area contributed by atoms with Crippen LogP contribution in [0.5, 0.6) is 0 Å². The highest BCUT2D eigenvalue weighted by Gasteiger charge is 2.44. The molecule has 3 nitrogen and oxygen atoms in total. The lowest BCUT2D eigenvalue weighted by Gasteiger charge is -2.36. The van der Waals surface area contributed by atoms with Gasteiger partial charge in [0.25, 0.3) is 0 Å². The lowest BCUT2D eigenvalue weighted by molar-refractivity contribution is 0.353. The van der Waals surface area contributed by atoms with Crippen molar-refractivity contribution in [2.45, 2.75) is 43.7 Å². The van der Waals surface area contributed by atoms with Crippen LogP contribution in [0.1, 0.15) is 66.1 Å². The minimum atomic E-state index is -0.233. The lowest BCUT2D eigenvalue weighted by atomic mass is 9.68. The molecule has 1 saturated carbocycles. The summed E-state index contributed by atoms with van der Waals surface area (Å²) < 4.78 is 2.49. The number of rotatable bonds is 6. The molecule has 1 aromatic heterocycles. The van der Waals surface area contributed by atoms with E-state index in [2.05, 4.69) is 210 Å². The zero-order valence-corrected chi connectivity index (χ0v) is 34.1. The maximum Gasteiger partial charge on any atom is 0.145 e. The Balaban J connectivity index is 0.978. The summed E-state index contributed by atoms with van der Waals surface area (Å²) in [5.74, 6) is 0. The van der Waals surface area contributed by atoms with Crippen molar-refractivity contribution in [2.75, 3.05) is 0 Å². The zero-order valence-electron chi connectivity index (χ0n) is 34.1. The Labute approximate surface area is 357 Å². The minimum absolute atomic E-state index is 0.108. The second kappa shape index (κ2) is 14.5. The minimum Gasteiger partial charge on any atom is -0.360 e. The van der Waals surface area contributed by atoms with E-state index in [1.54, 1.807) is 0 Å². The molecule has 12 rings (SSSR count). The van der Waals surface area contributed by atoms with E-state index in [0.29, 0.717) is 0 Å². The molecule has 1 atom stereocenters. The summed E-state index contributed by atoms with van der Waals surface area (Å²) in [6, 6.07) is 71.2. The number of fused-ring (bicyclic) bond motifs is 8. The molecule has 0 saturated heterocycles. The fraction of sp³-hybridized carbons (Fsp3) is 0.121. The molecule has 0 bridgehead atoms. The number of nitrogens with zero attached hydrogens (tertiary/aromatic N) is 2. The van der Waals surface area contributed by atoms with E-state index in [0.717, 1.165) is 28.1 Å². The second-order valence-electron chi connectivity index (χ2n) is 17.1. The first-order chi connectivity index (χ1) is 30.2. The van der Waals surface area contributed by atoms with Gasteiger partial charge in [-0.3, -0.25) is 4.99 Å². The van der Waals surface area contributed by atoms with Crippen LogP contribution in [0.3, 0.4) is 0 Å². The third-order valence-corrected chi connectivity index (χ3v) is 13.6. The van der Waals surface area contributed by atoms with E-state index in [4.69, 9.17) is 4.99 Å². The quantitative estimate of drug-likeness (QED) is 0.179. The molecule has 1 unspecified atom stereocenters. The average Bonchev–Trinajstić information content (AvgIpc) is 3.80. The van der Waals surface area contributed by atoms with E-state index in [1.807, 2.05) is 0 Å². The Morgan fingerprint density at radius 2 is 1.08 bits per heavy atom. The number of hydrogen-bond donors (Lipinski definition) is 1. The van der Waals surface area contributed by atoms with E-state index >= 15 is 0 Å². The largest absolute Gasteiger partial charge is 0.360 e. The van der Waals surface area contributed by atoms with Crippen LogP contribution in [0, 0.1) is 0 Å². The molecule has 1 spiro atoms. The third-order valence-electron chi connectivity index (χ3n) is 13.6. The fourth-order valence-corrected chi connectivity index (χ4v) is 10.7. The van der Waals surface area contributed by atoms with Crippen LogP contribution in [0.15, 0.2) is 205 Å². The molecule has 61 heavy (non-hydrogen) atoms. The molecule has 1 N–H and O–H groups in total. The van der Waals surface area contributed by atoms with Crippen LogP contribution in [0.2, 0.25) is 0 Å². The molecular weight excluding hydrogens is 739 g/mol. The number of hydrogen-bond acceptors (Lipinski definition) is 2. The SMILES string of the molecule is C1=C(c2ccccc2)NC(c2ccc(-c3ccccc3)cc2)N=C1c1cccc(-c2ccc3c4cc5c(cc4n(-c4ccccc4)c3c2)-c2ccccc2C52CCCCC2)c1. The number of nitrogens with one attached hydrogen (secondary N) is 1. The molecule has 2 heterocycles. The summed E-state index contributed by atoms with van der Waals surface area (Å²) >= 11 is 0. The van der Waals surface area contributed by atoms with Gasteiger partial charge in [0, 0.05) is 33.1 Å². The molecule has 9 aromatic rings. The van der Waals surface area contributed by atoms with Crippen LogP contribution in [-0.2, 0) is 5.41 Å². The number of aliphatic imine (C=N–C) groups is 1. The summed E-state index contributed by atoms with van der Waals surface area (Å²) in [4.78, 5) is 5.37. The predicted molar refractivity (Wildman–Crippen MR) is 254 cm³/mol. The smallest absolute Gasteiger partial charge is 0.145 e. The number of aromatic nitrogens is 1. The first kappa shape index (κ1) is 35.7. The molecule has 3 heteroatoms. The average molecular weight is 784 g/mol. The van der Waals surface area contributed by atoms with Crippen LogP contribution in [0.25, 0.3) is 66.6 Å². The molecule has 1 aliphatic heterocycles. The van der Waals surface area contributed by atoms with Gasteiger partial charge in [-0.15, -0.1) is 0 Å². The molecule has 2 aliphatic carbocycles. The Morgan fingerprint density at radius 1 is 0.459 bits per heavy atom. The Kier molecular flexibility index (Phi) is 8.48. The van der Waals surface area contributed by atoms with Crippen molar-refractivity contribution in [3.63, 3.8) is 0 Å². The summed E-state index contributed by atoms with van der Waals surface area (Å²) in [6.45, 7) is 0. The van der Waals surface area contributed by atoms with Gasteiger partial charge in [-0.05, 0) is 111 Å². The van der Waals surface area contributed by atoms with Gasteiger partial charge in [-0.1, -0.05) is 177 Å². The van der Waals surface area contributed by atoms with E-state index in [1.165, 1.54) is 104 Å². The first-order valence-electron chi connectivity index (χ1n) is 21.9. The highest BCUT2D eigenvalue weighted by Crippen LogP contribution is 2.57. The Morgan fingerprint density at radius 3 is 1.87 bits per heavy atom. The Bertz CT molecular complexity index is 3170. The van der Waals surface area contributed by atoms with E-state index in [-0.39, 0.29) is 11.6 Å². The molecule has 3 aliphatic rings. The number of para-hydroxylation sites is 1. The normalized spacial score (nSPS) is 16.5. The maximum absolute atomic E-state index is 5.37. The van der Waals surface area contributed by atoms with Gasteiger partial charge >= 0.3 is 0 Å². The Hall–Kier alpha value is -7.23. The topological polar surface area (TPSA) is 29.3 Å². The van der Waals surface area contributed by atoms with Crippen LogP contribution in [0.4, 0.5) is 0 Å². The van der Waals surface area contributed by atoms with Crippen LogP contribution >= 0.6 is 0 Å². The van der Waals surface area contributed by atoms with Crippen molar-refractivity contribution in [1.29, 1.82) is 0 Å². The predicted octanol–water partition coefficient (Wildman–Crippen LogP) is 14.5. The molecule has 292 valence electrons. The van der Waals surface area contributed by atoms with Gasteiger partial charge in [0.05, 0.1) is 16.7 Å². The van der Waals surface area contributed by atoms with Gasteiger partial charge in [0.15, 0.2) is 0 Å². The van der Waals surface area contributed by atoms with Gasteiger partial charge in [0.2, 0.25) is 0 Å². The summed E-state index contributed by atoms with van der Waals surface area (Å²) in [5.41, 5.74) is 19.8. The van der Waals surface area contributed by atoms with Gasteiger partial charge in [-0.2, -0.15) is 0 Å². The highest BCUT2D eigenvalue weighted by molar-refractivity contribution is 6.14. The van der Waals surface area contributed by atoms with Gasteiger partial charge < -0.3 is 9.88 Å². The van der Waals surface area contributed by atoms with Crippen molar-refractivity contribution >= 4 is 33.2 Å². The highest BCUT2D eigenvalue weighted by atomic mass is 15.1. The number of allylic oxidation sites excluding steroid dienone is 1. The number of benzene rings is 8. The molecule has 0 radical (unpaired) electrons. The van der Waals surface area contributed by atoms with Crippen LogP contribution in [-0.4, -0.2) is 10.3 Å². The lowest BCUT2D eigenvalue weighted by Crippen LogP contribution is -2.27. The monoisotopic (exact) mass is 783 g/mol. The molecule has 8 aromatic carbocycles. The maximum atomic E-state index is 5.37. The molecular formula is C58H45N3. The summed E-state index contributed by atoms with van der Waals surface area (Å²) in [6.07, 6.45) is 8.33. The summed E-state index contributed by atoms with van der Waals surface area (Å²) in [7, 11) is 0. The van der Waals surface area contributed by atoms with Crippen molar-refractivity contribution in [1.82, 2.24) is 9.88 Å². The fourth-order valence-electron chi connectivity index (χ4n) is 10.7. The van der Waals surface area contributed by atoms with Crippen molar-refractivity contribution < 1.29 is 0 Å². The molecule has 0 amide bonds. The third kappa shape index (κ3) is 5.98. The van der Waals surface area contributed by atoms with E-state index in [9.17, 15) is 0 Å². The zero-order chi connectivity index (χ0) is 40.3. The molecule has 1 fully saturated rings. The van der Waals surface area contributed by atoms with Crippen LogP contribution < -0.4 is 5.32 Å². The second-order valence-corrected chi connectivity index (χ2v) is 17.1. The van der Waals surface area contributed by atoms with Gasteiger partial charge in [-0.25, -0.2) is 0 Å². The van der Waals surface area contributed by atoms with E-state index < -0.39 is 0 Å². The van der Waals surface area contributed by atoms with Gasteiger partial charge in [0.1, 0.15) is 6.17 Å². The van der Waals surface area contributed by atoms with Crippen molar-refractivity contribution in [2.24, 2.45) is 4.99 Å².